The molecule has 90 valence electrons. The van der Waals surface area contributed by atoms with Gasteiger partial charge in [-0.25, -0.2) is 0 Å². The molecule has 1 aromatic carbocycles. The van der Waals surface area contributed by atoms with Crippen molar-refractivity contribution in [1.82, 2.24) is 0 Å². The third kappa shape index (κ3) is 3.51. The molecule has 16 heavy (non-hydrogen) atoms. The first kappa shape index (κ1) is 13.0. The summed E-state index contributed by atoms with van der Waals surface area (Å²) in [7, 11) is 1.64. The Morgan fingerprint density at radius 2 is 2.00 bits per heavy atom. The molecule has 0 aliphatic rings. The summed E-state index contributed by atoms with van der Waals surface area (Å²) >= 11 is 0. The van der Waals surface area contributed by atoms with E-state index in [9.17, 15) is 5.11 Å². The van der Waals surface area contributed by atoms with Gasteiger partial charge in [-0.3, -0.25) is 0 Å². The van der Waals surface area contributed by atoms with Gasteiger partial charge in [0, 0.05) is 12.7 Å². The maximum atomic E-state index is 9.27. The summed E-state index contributed by atoms with van der Waals surface area (Å²) in [6.07, 6.45) is 0. The first-order valence-electron chi connectivity index (χ1n) is 5.54. The average molecular weight is 224 g/mol. The van der Waals surface area contributed by atoms with Crippen molar-refractivity contribution < 1.29 is 14.6 Å². The van der Waals surface area contributed by atoms with Crippen molar-refractivity contribution in [2.75, 3.05) is 20.3 Å². The zero-order valence-electron chi connectivity index (χ0n) is 10.2. The van der Waals surface area contributed by atoms with E-state index in [-0.39, 0.29) is 6.61 Å². The summed E-state index contributed by atoms with van der Waals surface area (Å²) in [5, 5.41) is 9.27. The summed E-state index contributed by atoms with van der Waals surface area (Å²) in [5.74, 6) is 1.20. The minimum atomic E-state index is 0.00285. The van der Waals surface area contributed by atoms with E-state index in [0.29, 0.717) is 19.1 Å². The van der Waals surface area contributed by atoms with E-state index in [0.717, 1.165) is 11.3 Å². The summed E-state index contributed by atoms with van der Waals surface area (Å²) < 4.78 is 10.4. The quantitative estimate of drug-likeness (QED) is 0.754. The predicted octanol–water partition coefficient (Wildman–Crippen LogP) is 2.33. The third-order valence-electron chi connectivity index (χ3n) is 2.47. The van der Waals surface area contributed by atoms with Crippen molar-refractivity contribution in [3.05, 3.63) is 29.3 Å². The van der Waals surface area contributed by atoms with Crippen LogP contribution in [0.5, 0.6) is 5.75 Å². The van der Waals surface area contributed by atoms with Crippen LogP contribution >= 0.6 is 0 Å². The van der Waals surface area contributed by atoms with Gasteiger partial charge >= 0.3 is 0 Å². The monoisotopic (exact) mass is 224 g/mol. The van der Waals surface area contributed by atoms with E-state index in [2.05, 4.69) is 13.8 Å². The van der Waals surface area contributed by atoms with Crippen LogP contribution in [0.25, 0.3) is 0 Å². The molecule has 0 aliphatic heterocycles. The van der Waals surface area contributed by atoms with E-state index < -0.39 is 0 Å². The van der Waals surface area contributed by atoms with Crippen LogP contribution in [0.3, 0.4) is 0 Å². The second kappa shape index (κ2) is 6.51. The fourth-order valence-corrected chi connectivity index (χ4v) is 1.46. The van der Waals surface area contributed by atoms with Gasteiger partial charge in [0.2, 0.25) is 0 Å². The molecular weight excluding hydrogens is 204 g/mol. The lowest BCUT2D eigenvalue weighted by atomic mass is 10.0. The molecule has 0 atom stereocenters. The first-order chi connectivity index (χ1) is 7.69. The summed E-state index contributed by atoms with van der Waals surface area (Å²) in [6.45, 7) is 5.31. The Bertz CT molecular complexity index is 321. The number of ether oxygens (including phenoxy) is 2. The number of benzene rings is 1. The molecule has 1 aromatic rings. The van der Waals surface area contributed by atoms with Gasteiger partial charge in [0.05, 0.1) is 13.2 Å². The smallest absolute Gasteiger partial charge is 0.124 e. The lowest BCUT2D eigenvalue weighted by Gasteiger charge is -2.13. The van der Waals surface area contributed by atoms with Crippen molar-refractivity contribution in [2.24, 2.45) is 0 Å². The van der Waals surface area contributed by atoms with E-state index in [4.69, 9.17) is 9.47 Å². The zero-order chi connectivity index (χ0) is 12.0. The molecule has 0 spiro atoms. The molecule has 0 fully saturated rings. The Kier molecular flexibility index (Phi) is 5.29. The highest BCUT2D eigenvalue weighted by molar-refractivity contribution is 5.37. The molecule has 3 heteroatoms. The topological polar surface area (TPSA) is 38.7 Å². The minimum Gasteiger partial charge on any atom is -0.491 e. The van der Waals surface area contributed by atoms with E-state index >= 15 is 0 Å². The number of aliphatic hydroxyl groups is 1. The van der Waals surface area contributed by atoms with Gasteiger partial charge in [0.15, 0.2) is 0 Å². The van der Waals surface area contributed by atoms with Gasteiger partial charge in [0.1, 0.15) is 12.4 Å². The van der Waals surface area contributed by atoms with Crippen molar-refractivity contribution >= 4 is 0 Å². The Balaban J connectivity index is 2.76. The molecule has 0 aliphatic carbocycles. The van der Waals surface area contributed by atoms with Crippen LogP contribution in [0.15, 0.2) is 18.2 Å². The average Bonchev–Trinajstić information content (AvgIpc) is 2.29. The summed E-state index contributed by atoms with van der Waals surface area (Å²) in [6, 6.07) is 5.94. The van der Waals surface area contributed by atoms with Crippen molar-refractivity contribution in [3.8, 4) is 5.75 Å². The molecule has 0 saturated carbocycles. The second-order valence-corrected chi connectivity index (χ2v) is 4.02. The van der Waals surface area contributed by atoms with Crippen LogP contribution in [0.2, 0.25) is 0 Å². The molecule has 1 N–H and O–H groups in total. The van der Waals surface area contributed by atoms with E-state index in [1.165, 1.54) is 5.56 Å². The normalized spacial score (nSPS) is 10.8. The summed E-state index contributed by atoms with van der Waals surface area (Å²) in [5.41, 5.74) is 2.05. The number of methoxy groups -OCH3 is 1. The van der Waals surface area contributed by atoms with Crippen molar-refractivity contribution in [1.29, 1.82) is 0 Å². The van der Waals surface area contributed by atoms with Crippen molar-refractivity contribution in [3.63, 3.8) is 0 Å². The molecule has 3 nitrogen and oxygen atoms in total. The summed E-state index contributed by atoms with van der Waals surface area (Å²) in [4.78, 5) is 0. The van der Waals surface area contributed by atoms with Crippen LogP contribution in [0.1, 0.15) is 30.9 Å². The Labute approximate surface area is 97.0 Å². The van der Waals surface area contributed by atoms with Crippen molar-refractivity contribution in [2.45, 2.75) is 26.4 Å². The Morgan fingerprint density at radius 3 is 2.56 bits per heavy atom. The minimum absolute atomic E-state index is 0.00285. The van der Waals surface area contributed by atoms with E-state index in [1.54, 1.807) is 7.11 Å². The lowest BCUT2D eigenvalue weighted by Crippen LogP contribution is -2.06. The van der Waals surface area contributed by atoms with Crippen LogP contribution in [-0.2, 0) is 11.3 Å². The van der Waals surface area contributed by atoms with Gasteiger partial charge in [-0.05, 0) is 23.6 Å². The Morgan fingerprint density at radius 1 is 1.25 bits per heavy atom. The Hall–Kier alpha value is -1.06. The maximum Gasteiger partial charge on any atom is 0.124 e. The molecule has 1 rings (SSSR count). The molecule has 0 bridgehead atoms. The molecular formula is C13H20O3. The zero-order valence-corrected chi connectivity index (χ0v) is 10.2. The number of rotatable bonds is 6. The van der Waals surface area contributed by atoms with Crippen LogP contribution in [-0.4, -0.2) is 25.4 Å². The number of aliphatic hydroxyl groups excluding tert-OH is 1. The van der Waals surface area contributed by atoms with Crippen LogP contribution in [0.4, 0.5) is 0 Å². The van der Waals surface area contributed by atoms with Gasteiger partial charge in [-0.2, -0.15) is 0 Å². The van der Waals surface area contributed by atoms with Crippen LogP contribution in [0, 0.1) is 0 Å². The first-order valence-corrected chi connectivity index (χ1v) is 5.54. The number of hydrogen-bond donors (Lipinski definition) is 1. The molecule has 0 heterocycles. The highest BCUT2D eigenvalue weighted by Gasteiger charge is 2.06. The van der Waals surface area contributed by atoms with Gasteiger partial charge < -0.3 is 14.6 Å². The highest BCUT2D eigenvalue weighted by Crippen LogP contribution is 2.24. The highest BCUT2D eigenvalue weighted by atomic mass is 16.5. The molecule has 0 amide bonds. The third-order valence-corrected chi connectivity index (χ3v) is 2.47. The molecule has 0 radical (unpaired) electrons. The maximum absolute atomic E-state index is 9.27. The van der Waals surface area contributed by atoms with Gasteiger partial charge in [-0.1, -0.05) is 19.9 Å². The van der Waals surface area contributed by atoms with Gasteiger partial charge in [-0.15, -0.1) is 0 Å². The fraction of sp³-hybridized carbons (Fsp3) is 0.538. The predicted molar refractivity (Wildman–Crippen MR) is 63.8 cm³/mol. The van der Waals surface area contributed by atoms with Crippen LogP contribution < -0.4 is 4.74 Å². The largest absolute Gasteiger partial charge is 0.491 e. The molecule has 0 saturated heterocycles. The molecule has 0 aromatic heterocycles. The second-order valence-electron chi connectivity index (χ2n) is 4.02. The number of hydrogen-bond acceptors (Lipinski definition) is 3. The SMILES string of the molecule is COCCOc1ccc(C(C)C)cc1CO. The fourth-order valence-electron chi connectivity index (χ4n) is 1.46. The standard InChI is InChI=1S/C13H20O3/c1-10(2)11-4-5-13(12(8-11)9-14)16-7-6-15-3/h4-5,8,10,14H,6-7,9H2,1-3H3. The lowest BCUT2D eigenvalue weighted by molar-refractivity contribution is 0.144. The van der Waals surface area contributed by atoms with Gasteiger partial charge in [0.25, 0.3) is 0 Å². The molecule has 0 unspecified atom stereocenters. The van der Waals surface area contributed by atoms with E-state index in [1.807, 2.05) is 18.2 Å².